The number of hydrogen-bond acceptors (Lipinski definition) is 3. The third-order valence-corrected chi connectivity index (χ3v) is 2.83. The number of rotatable bonds is 4. The molecule has 0 saturated carbocycles. The number of hydrogen-bond donors (Lipinski definition) is 2. The Labute approximate surface area is 113 Å². The van der Waals surface area contributed by atoms with Gasteiger partial charge in [-0.15, -0.1) is 0 Å². The molecule has 1 amide bonds. The lowest BCUT2D eigenvalue weighted by molar-refractivity contribution is -0.385. The molecule has 0 fully saturated rings. The normalized spacial score (nSPS) is 10.2. The predicted octanol–water partition coefficient (Wildman–Crippen LogP) is 2.51. The van der Waals surface area contributed by atoms with Crippen molar-refractivity contribution in [3.05, 3.63) is 62.9 Å². The number of halogens is 1. The predicted molar refractivity (Wildman–Crippen MR) is 70.1 cm³/mol. The number of para-hydroxylation sites is 1. The van der Waals surface area contributed by atoms with Crippen LogP contribution in [0, 0.1) is 10.1 Å². The van der Waals surface area contributed by atoms with Crippen molar-refractivity contribution in [2.24, 2.45) is 0 Å². The number of nitro benzene ring substituents is 1. The quantitative estimate of drug-likeness (QED) is 0.666. The topological polar surface area (TPSA) is 88.0 Å². The van der Waals surface area contributed by atoms with Gasteiger partial charge in [0.05, 0.1) is 4.92 Å². The minimum Gasteiger partial charge on any atom is -0.367 e. The molecule has 0 bridgehead atoms. The van der Waals surface area contributed by atoms with Crippen LogP contribution in [0.15, 0.2) is 36.7 Å². The maximum absolute atomic E-state index is 11.9. The molecule has 0 unspecified atom stereocenters. The van der Waals surface area contributed by atoms with Crippen molar-refractivity contribution in [3.8, 4) is 0 Å². The van der Waals surface area contributed by atoms with Gasteiger partial charge in [0, 0.05) is 18.9 Å². The fourth-order valence-corrected chi connectivity index (χ4v) is 1.87. The van der Waals surface area contributed by atoms with Crippen molar-refractivity contribution < 1.29 is 9.72 Å². The van der Waals surface area contributed by atoms with Crippen LogP contribution in [0.1, 0.15) is 15.9 Å². The van der Waals surface area contributed by atoms with E-state index in [1.165, 1.54) is 18.2 Å². The molecule has 1 aromatic carbocycles. The molecular formula is C12H10ClN3O3. The lowest BCUT2D eigenvalue weighted by Crippen LogP contribution is -2.23. The highest BCUT2D eigenvalue weighted by Crippen LogP contribution is 2.28. The molecule has 0 aliphatic rings. The van der Waals surface area contributed by atoms with Crippen molar-refractivity contribution in [2.75, 3.05) is 0 Å². The van der Waals surface area contributed by atoms with Gasteiger partial charge < -0.3 is 10.3 Å². The molecule has 0 radical (unpaired) electrons. The number of benzene rings is 1. The minimum absolute atomic E-state index is 0.0481. The third-order valence-electron chi connectivity index (χ3n) is 2.53. The molecule has 7 heteroatoms. The van der Waals surface area contributed by atoms with Crippen molar-refractivity contribution in [1.82, 2.24) is 10.3 Å². The lowest BCUT2D eigenvalue weighted by Gasteiger charge is -2.05. The average Bonchev–Trinajstić information content (AvgIpc) is 2.88. The maximum Gasteiger partial charge on any atom is 0.300 e. The van der Waals surface area contributed by atoms with Gasteiger partial charge in [-0.25, -0.2) is 0 Å². The van der Waals surface area contributed by atoms with Crippen LogP contribution >= 0.6 is 11.6 Å². The zero-order chi connectivity index (χ0) is 13.8. The smallest absolute Gasteiger partial charge is 0.300 e. The van der Waals surface area contributed by atoms with Crippen molar-refractivity contribution in [3.63, 3.8) is 0 Å². The number of carbonyl (C=O) groups excluding carboxylic acids is 1. The summed E-state index contributed by atoms with van der Waals surface area (Å²) in [6, 6.07) is 6.05. The highest BCUT2D eigenvalue weighted by molar-refractivity contribution is 6.33. The van der Waals surface area contributed by atoms with Crippen LogP contribution in [-0.2, 0) is 6.54 Å². The summed E-state index contributed by atoms with van der Waals surface area (Å²) in [5.74, 6) is -0.532. The summed E-state index contributed by atoms with van der Waals surface area (Å²) in [5.41, 5.74) is 0.446. The van der Waals surface area contributed by atoms with Gasteiger partial charge in [0.1, 0.15) is 10.6 Å². The molecule has 0 aliphatic carbocycles. The first kappa shape index (κ1) is 13.1. The number of H-pyrrole nitrogens is 1. The third kappa shape index (κ3) is 2.92. The molecule has 2 rings (SSSR count). The van der Waals surface area contributed by atoms with Gasteiger partial charge in [-0.2, -0.15) is 0 Å². The molecule has 1 aromatic heterocycles. The lowest BCUT2D eigenvalue weighted by atomic mass is 10.1. The molecule has 2 N–H and O–H groups in total. The Hall–Kier alpha value is -2.34. The molecule has 1 heterocycles. The van der Waals surface area contributed by atoms with E-state index in [0.29, 0.717) is 0 Å². The second-order valence-corrected chi connectivity index (χ2v) is 4.20. The molecule has 0 saturated heterocycles. The standard InChI is InChI=1S/C12H10ClN3O3/c13-10-3-1-2-9(11(10)16(18)19)12(17)15-7-8-4-5-14-6-8/h1-6,14H,7H2,(H,15,17). The summed E-state index contributed by atoms with van der Waals surface area (Å²) in [6.07, 6.45) is 3.45. The van der Waals surface area contributed by atoms with Crippen LogP contribution in [0.3, 0.4) is 0 Å². The van der Waals surface area contributed by atoms with E-state index >= 15 is 0 Å². The minimum atomic E-state index is -0.659. The zero-order valence-corrected chi connectivity index (χ0v) is 10.5. The molecule has 98 valence electrons. The van der Waals surface area contributed by atoms with Gasteiger partial charge in [0.25, 0.3) is 5.91 Å². The number of nitro groups is 1. The van der Waals surface area contributed by atoms with Gasteiger partial charge in [0.15, 0.2) is 0 Å². The van der Waals surface area contributed by atoms with E-state index in [1.807, 2.05) is 0 Å². The number of aromatic amines is 1. The monoisotopic (exact) mass is 279 g/mol. The second kappa shape index (κ2) is 5.53. The summed E-state index contributed by atoms with van der Waals surface area (Å²) in [4.78, 5) is 25.0. The number of carbonyl (C=O) groups is 1. The Balaban J connectivity index is 2.19. The van der Waals surface area contributed by atoms with E-state index in [4.69, 9.17) is 11.6 Å². The van der Waals surface area contributed by atoms with Crippen LogP contribution in [0.2, 0.25) is 5.02 Å². The Morgan fingerprint density at radius 1 is 1.42 bits per heavy atom. The first-order chi connectivity index (χ1) is 9.09. The van der Waals surface area contributed by atoms with E-state index in [1.54, 1.807) is 18.5 Å². The maximum atomic E-state index is 11.9. The Morgan fingerprint density at radius 2 is 2.21 bits per heavy atom. The first-order valence-corrected chi connectivity index (χ1v) is 5.80. The SMILES string of the molecule is O=C(NCc1cc[nH]c1)c1cccc(Cl)c1[N+](=O)[O-]. The van der Waals surface area contributed by atoms with Crippen LogP contribution < -0.4 is 5.32 Å². The Bertz CT molecular complexity index is 611. The number of amides is 1. The first-order valence-electron chi connectivity index (χ1n) is 5.42. The van der Waals surface area contributed by atoms with E-state index in [0.717, 1.165) is 5.56 Å². The van der Waals surface area contributed by atoms with Crippen LogP contribution in [0.5, 0.6) is 0 Å². The summed E-state index contributed by atoms with van der Waals surface area (Å²) >= 11 is 5.74. The molecular weight excluding hydrogens is 270 g/mol. The number of nitrogens with zero attached hydrogens (tertiary/aromatic N) is 1. The second-order valence-electron chi connectivity index (χ2n) is 3.80. The van der Waals surface area contributed by atoms with E-state index in [9.17, 15) is 14.9 Å². The zero-order valence-electron chi connectivity index (χ0n) is 9.72. The van der Waals surface area contributed by atoms with Gasteiger partial charge in [-0.1, -0.05) is 17.7 Å². The summed E-state index contributed by atoms with van der Waals surface area (Å²) in [7, 11) is 0. The molecule has 0 atom stereocenters. The van der Waals surface area contributed by atoms with E-state index in [-0.39, 0.29) is 22.8 Å². The highest BCUT2D eigenvalue weighted by Gasteiger charge is 2.23. The van der Waals surface area contributed by atoms with Gasteiger partial charge in [-0.3, -0.25) is 14.9 Å². The highest BCUT2D eigenvalue weighted by atomic mass is 35.5. The Kier molecular flexibility index (Phi) is 3.82. The summed E-state index contributed by atoms with van der Waals surface area (Å²) in [5, 5.41) is 13.5. The molecule has 6 nitrogen and oxygen atoms in total. The largest absolute Gasteiger partial charge is 0.367 e. The summed E-state index contributed by atoms with van der Waals surface area (Å²) in [6.45, 7) is 0.284. The van der Waals surface area contributed by atoms with Gasteiger partial charge in [0.2, 0.25) is 0 Å². The van der Waals surface area contributed by atoms with E-state index in [2.05, 4.69) is 10.3 Å². The fourth-order valence-electron chi connectivity index (χ4n) is 1.63. The average molecular weight is 280 g/mol. The van der Waals surface area contributed by atoms with Gasteiger partial charge >= 0.3 is 5.69 Å². The number of aromatic nitrogens is 1. The molecule has 0 spiro atoms. The van der Waals surface area contributed by atoms with Crippen molar-refractivity contribution in [1.29, 1.82) is 0 Å². The number of nitrogens with one attached hydrogen (secondary N) is 2. The van der Waals surface area contributed by atoms with Crippen molar-refractivity contribution >= 4 is 23.2 Å². The molecule has 2 aromatic rings. The summed E-state index contributed by atoms with van der Waals surface area (Å²) < 4.78 is 0. The Morgan fingerprint density at radius 3 is 2.84 bits per heavy atom. The van der Waals surface area contributed by atoms with Crippen LogP contribution in [-0.4, -0.2) is 15.8 Å². The molecule has 0 aliphatic heterocycles. The fraction of sp³-hybridized carbons (Fsp3) is 0.0833. The van der Waals surface area contributed by atoms with E-state index < -0.39 is 10.8 Å². The van der Waals surface area contributed by atoms with Crippen LogP contribution in [0.25, 0.3) is 0 Å². The molecule has 19 heavy (non-hydrogen) atoms. The van der Waals surface area contributed by atoms with Gasteiger partial charge in [-0.05, 0) is 23.8 Å². The van der Waals surface area contributed by atoms with Crippen LogP contribution in [0.4, 0.5) is 5.69 Å². The van der Waals surface area contributed by atoms with Crippen molar-refractivity contribution in [2.45, 2.75) is 6.54 Å².